The van der Waals surface area contributed by atoms with Gasteiger partial charge in [-0.05, 0) is 18.6 Å². The Morgan fingerprint density at radius 3 is 2.96 bits per heavy atom. The van der Waals surface area contributed by atoms with E-state index in [1.54, 1.807) is 7.11 Å². The largest absolute Gasteiger partial charge is 0.497 e. The summed E-state index contributed by atoms with van der Waals surface area (Å²) in [5.41, 5.74) is -0.389. The Kier molecular flexibility index (Phi) is 4.56. The molecule has 3 rings (SSSR count). The molecule has 1 amide bonds. The van der Waals surface area contributed by atoms with Gasteiger partial charge in [0.05, 0.1) is 7.11 Å². The Morgan fingerprint density at radius 2 is 2.24 bits per heavy atom. The van der Waals surface area contributed by atoms with Crippen molar-refractivity contribution in [3.63, 3.8) is 0 Å². The maximum absolute atomic E-state index is 12.8. The van der Waals surface area contributed by atoms with E-state index < -0.39 is 23.5 Å². The molecule has 1 atom stereocenters. The molecule has 1 aromatic heterocycles. The number of amides is 1. The number of hydrogen-bond acceptors (Lipinski definition) is 5. The van der Waals surface area contributed by atoms with E-state index >= 15 is 0 Å². The third kappa shape index (κ3) is 3.70. The second-order valence-electron chi connectivity index (χ2n) is 5.63. The van der Waals surface area contributed by atoms with Crippen molar-refractivity contribution in [1.29, 1.82) is 0 Å². The van der Waals surface area contributed by atoms with Gasteiger partial charge in [-0.1, -0.05) is 6.07 Å². The maximum Gasteiger partial charge on any atom is 0.437 e. The van der Waals surface area contributed by atoms with E-state index in [1.807, 2.05) is 29.2 Å². The highest BCUT2D eigenvalue weighted by atomic mass is 19.4. The maximum atomic E-state index is 12.8. The van der Waals surface area contributed by atoms with Gasteiger partial charge in [0.2, 0.25) is 5.76 Å². The molecule has 1 aromatic carbocycles. The minimum absolute atomic E-state index is 0.287. The van der Waals surface area contributed by atoms with Crippen molar-refractivity contribution in [2.45, 2.75) is 18.6 Å². The third-order valence-corrected chi connectivity index (χ3v) is 3.98. The summed E-state index contributed by atoms with van der Waals surface area (Å²) < 4.78 is 48.2. The second kappa shape index (κ2) is 6.66. The number of aromatic nitrogens is 1. The van der Waals surface area contributed by atoms with E-state index in [-0.39, 0.29) is 6.04 Å². The van der Waals surface area contributed by atoms with Crippen LogP contribution in [0, 0.1) is 0 Å². The number of hydrogen-bond donors (Lipinski definition) is 1. The number of carbonyl (C=O) groups is 1. The molecule has 2 heterocycles. The zero-order valence-electron chi connectivity index (χ0n) is 13.3. The lowest BCUT2D eigenvalue weighted by Crippen LogP contribution is -2.37. The first-order chi connectivity index (χ1) is 11.9. The van der Waals surface area contributed by atoms with Crippen molar-refractivity contribution in [1.82, 2.24) is 10.3 Å². The smallest absolute Gasteiger partial charge is 0.437 e. The molecular weight excluding hydrogens is 339 g/mol. The van der Waals surface area contributed by atoms with Crippen LogP contribution in [0.25, 0.3) is 0 Å². The number of alkyl halides is 3. The molecule has 25 heavy (non-hydrogen) atoms. The van der Waals surface area contributed by atoms with E-state index in [0.717, 1.165) is 5.69 Å². The van der Waals surface area contributed by atoms with Gasteiger partial charge in [0.15, 0.2) is 12.1 Å². The number of anilines is 1. The number of nitrogens with one attached hydrogen (secondary N) is 1. The summed E-state index contributed by atoms with van der Waals surface area (Å²) in [4.78, 5) is 17.2. The number of ether oxygens (including phenoxy) is 1. The molecule has 1 aliphatic heterocycles. The first-order valence-electron chi connectivity index (χ1n) is 7.59. The van der Waals surface area contributed by atoms with Gasteiger partial charge in [0.25, 0.3) is 5.91 Å². The van der Waals surface area contributed by atoms with Gasteiger partial charge in [-0.25, -0.2) is 4.98 Å². The number of rotatable bonds is 4. The van der Waals surface area contributed by atoms with E-state index in [9.17, 15) is 18.0 Å². The van der Waals surface area contributed by atoms with Crippen LogP contribution in [0.15, 0.2) is 35.1 Å². The predicted molar refractivity (Wildman–Crippen MR) is 82.6 cm³/mol. The molecule has 1 saturated heterocycles. The molecular formula is C16H16F3N3O3. The fourth-order valence-electron chi connectivity index (χ4n) is 2.78. The Labute approximate surface area is 141 Å². The number of oxazole rings is 1. The molecule has 1 unspecified atom stereocenters. The van der Waals surface area contributed by atoms with Gasteiger partial charge in [-0.15, -0.1) is 0 Å². The molecule has 2 aromatic rings. The standard InChI is InChI=1S/C16H16F3N3O3/c1-24-12-4-2-3-11(7-12)22-6-5-10(8-22)21-15(23)13-14(16(17,18)19)20-9-25-13/h2-4,7,9-10H,5-6,8H2,1H3,(H,21,23). The van der Waals surface area contributed by atoms with Gasteiger partial charge >= 0.3 is 6.18 Å². The highest BCUT2D eigenvalue weighted by molar-refractivity contribution is 5.92. The highest BCUT2D eigenvalue weighted by Gasteiger charge is 2.40. The summed E-state index contributed by atoms with van der Waals surface area (Å²) in [5.74, 6) is -1.02. The number of halogens is 3. The zero-order chi connectivity index (χ0) is 18.0. The van der Waals surface area contributed by atoms with E-state index in [0.29, 0.717) is 31.7 Å². The number of benzene rings is 1. The van der Waals surface area contributed by atoms with Crippen molar-refractivity contribution in [3.05, 3.63) is 42.1 Å². The van der Waals surface area contributed by atoms with Crippen LogP contribution in [0.3, 0.4) is 0 Å². The van der Waals surface area contributed by atoms with Gasteiger partial charge in [0.1, 0.15) is 5.75 Å². The number of carbonyl (C=O) groups excluding carboxylic acids is 1. The molecule has 1 N–H and O–H groups in total. The number of methoxy groups -OCH3 is 1. The summed E-state index contributed by atoms with van der Waals surface area (Å²) >= 11 is 0. The van der Waals surface area contributed by atoms with Crippen LogP contribution in [0.5, 0.6) is 5.75 Å². The Hall–Kier alpha value is -2.71. The van der Waals surface area contributed by atoms with Crippen LogP contribution in [0.1, 0.15) is 22.7 Å². The van der Waals surface area contributed by atoms with Crippen LogP contribution >= 0.6 is 0 Å². The first kappa shape index (κ1) is 17.1. The van der Waals surface area contributed by atoms with Crippen LogP contribution < -0.4 is 15.0 Å². The topological polar surface area (TPSA) is 67.6 Å². The first-order valence-corrected chi connectivity index (χ1v) is 7.59. The fourth-order valence-corrected chi connectivity index (χ4v) is 2.78. The van der Waals surface area contributed by atoms with Crippen molar-refractivity contribution in [2.75, 3.05) is 25.1 Å². The lowest BCUT2D eigenvalue weighted by Gasteiger charge is -2.19. The fraction of sp³-hybridized carbons (Fsp3) is 0.375. The minimum atomic E-state index is -4.73. The quantitative estimate of drug-likeness (QED) is 0.913. The monoisotopic (exact) mass is 355 g/mol. The Balaban J connectivity index is 1.65. The Morgan fingerprint density at radius 1 is 1.44 bits per heavy atom. The third-order valence-electron chi connectivity index (χ3n) is 3.98. The average molecular weight is 355 g/mol. The molecule has 134 valence electrons. The van der Waals surface area contributed by atoms with Gasteiger partial charge < -0.3 is 19.4 Å². The van der Waals surface area contributed by atoms with Crippen LogP contribution in [0.4, 0.5) is 18.9 Å². The van der Waals surface area contributed by atoms with Gasteiger partial charge in [-0.3, -0.25) is 4.79 Å². The molecule has 0 saturated carbocycles. The highest BCUT2D eigenvalue weighted by Crippen LogP contribution is 2.31. The minimum Gasteiger partial charge on any atom is -0.497 e. The Bertz CT molecular complexity index is 760. The summed E-state index contributed by atoms with van der Waals surface area (Å²) in [5, 5.41) is 2.58. The summed E-state index contributed by atoms with van der Waals surface area (Å²) in [7, 11) is 1.57. The van der Waals surface area contributed by atoms with Crippen molar-refractivity contribution in [3.8, 4) is 5.75 Å². The molecule has 6 nitrogen and oxygen atoms in total. The van der Waals surface area contributed by atoms with E-state index in [2.05, 4.69) is 14.7 Å². The molecule has 1 fully saturated rings. The normalized spacial score (nSPS) is 17.6. The molecule has 0 radical (unpaired) electrons. The summed E-state index contributed by atoms with van der Waals surface area (Å²) in [6, 6.07) is 7.16. The van der Waals surface area contributed by atoms with Crippen LogP contribution in [-0.2, 0) is 6.18 Å². The molecule has 9 heteroatoms. The van der Waals surface area contributed by atoms with Crippen molar-refractivity contribution in [2.24, 2.45) is 0 Å². The van der Waals surface area contributed by atoms with E-state index in [4.69, 9.17) is 4.74 Å². The molecule has 1 aliphatic rings. The SMILES string of the molecule is COc1cccc(N2CCC(NC(=O)c3ocnc3C(F)(F)F)C2)c1. The van der Waals surface area contributed by atoms with Crippen molar-refractivity contribution < 1.29 is 27.1 Å². The summed E-state index contributed by atoms with van der Waals surface area (Å²) in [6.45, 7) is 1.15. The second-order valence-corrected chi connectivity index (χ2v) is 5.63. The molecule has 0 bridgehead atoms. The molecule has 0 spiro atoms. The molecule has 0 aliphatic carbocycles. The van der Waals surface area contributed by atoms with Crippen molar-refractivity contribution >= 4 is 11.6 Å². The average Bonchev–Trinajstić information content (AvgIpc) is 3.23. The summed E-state index contributed by atoms with van der Waals surface area (Å²) in [6.07, 6.45) is -3.50. The van der Waals surface area contributed by atoms with Gasteiger partial charge in [0, 0.05) is 30.9 Å². The van der Waals surface area contributed by atoms with Crippen LogP contribution in [-0.4, -0.2) is 37.1 Å². The lowest BCUT2D eigenvalue weighted by molar-refractivity contribution is -0.141. The number of nitrogens with zero attached hydrogens (tertiary/aromatic N) is 2. The zero-order valence-corrected chi connectivity index (χ0v) is 13.3. The van der Waals surface area contributed by atoms with Gasteiger partial charge in [-0.2, -0.15) is 13.2 Å². The van der Waals surface area contributed by atoms with E-state index in [1.165, 1.54) is 0 Å². The van der Waals surface area contributed by atoms with Crippen LogP contribution in [0.2, 0.25) is 0 Å². The lowest BCUT2D eigenvalue weighted by atomic mass is 10.2. The predicted octanol–water partition coefficient (Wildman–Crippen LogP) is 2.71.